The molecule has 162 valence electrons. The molecule has 32 heavy (non-hydrogen) atoms. The first kappa shape index (κ1) is 21.6. The largest absolute Gasteiger partial charge is 0.378 e. The molecule has 0 bridgehead atoms. The second kappa shape index (κ2) is 8.86. The molecule has 0 aromatic heterocycles. The van der Waals surface area contributed by atoms with Gasteiger partial charge in [0.2, 0.25) is 0 Å². The highest BCUT2D eigenvalue weighted by Gasteiger charge is 2.22. The normalized spacial score (nSPS) is 11.6. The summed E-state index contributed by atoms with van der Waals surface area (Å²) in [6, 6.07) is 28.4. The third-order valence-electron chi connectivity index (χ3n) is 4.53. The summed E-state index contributed by atoms with van der Waals surface area (Å²) in [5, 5.41) is 0. The van der Waals surface area contributed by atoms with Crippen LogP contribution in [0.4, 0.5) is 0 Å². The number of benzene rings is 4. The van der Waals surface area contributed by atoms with Gasteiger partial charge in [-0.15, -0.1) is 0 Å². The van der Waals surface area contributed by atoms with Gasteiger partial charge in [0.05, 0.1) is 0 Å². The zero-order valence-corrected chi connectivity index (χ0v) is 18.3. The van der Waals surface area contributed by atoms with E-state index in [-0.39, 0.29) is 21.3 Å². The molecule has 0 aliphatic rings. The average molecular weight is 467 g/mol. The number of hydrogen-bond acceptors (Lipinski definition) is 6. The number of hydrogen-bond donors (Lipinski definition) is 0. The van der Waals surface area contributed by atoms with Crippen LogP contribution in [-0.4, -0.2) is 16.8 Å². The first-order valence-corrected chi connectivity index (χ1v) is 12.4. The Hall–Kier alpha value is -3.62. The Morgan fingerprint density at radius 1 is 0.406 bits per heavy atom. The maximum atomic E-state index is 12.7. The molecule has 0 aliphatic carbocycles. The van der Waals surface area contributed by atoms with Crippen molar-refractivity contribution < 1.29 is 25.2 Å². The highest BCUT2D eigenvalue weighted by Crippen LogP contribution is 2.38. The van der Waals surface area contributed by atoms with Crippen LogP contribution in [0.3, 0.4) is 0 Å². The van der Waals surface area contributed by atoms with Crippen molar-refractivity contribution >= 4 is 20.2 Å². The topological polar surface area (TPSA) is 86.7 Å². The first-order chi connectivity index (χ1) is 15.4. The summed E-state index contributed by atoms with van der Waals surface area (Å²) < 4.78 is 61.8. The minimum absolute atomic E-state index is 0.00555. The SMILES string of the molecule is O=S(=O)(Oc1ccccc1-c1ccccc1OS(=O)(=O)c1ccccc1)c1ccccc1. The molecule has 8 heteroatoms. The zero-order valence-electron chi connectivity index (χ0n) is 16.7. The molecular formula is C24H18O6S2. The molecule has 0 saturated heterocycles. The van der Waals surface area contributed by atoms with E-state index in [9.17, 15) is 16.8 Å². The molecule has 4 aromatic carbocycles. The van der Waals surface area contributed by atoms with Gasteiger partial charge in [0, 0.05) is 11.1 Å². The molecular weight excluding hydrogens is 448 g/mol. The van der Waals surface area contributed by atoms with Crippen molar-refractivity contribution in [3.05, 3.63) is 109 Å². The van der Waals surface area contributed by atoms with Crippen LogP contribution in [0, 0.1) is 0 Å². The molecule has 0 radical (unpaired) electrons. The standard InChI is InChI=1S/C24H18O6S2/c25-31(26,19-11-3-1-4-12-19)29-23-17-9-7-15-21(23)22-16-8-10-18-24(22)30-32(27,28)20-13-5-2-6-14-20/h1-18H. The molecule has 4 aromatic rings. The third kappa shape index (κ3) is 4.66. The number of rotatable bonds is 7. The molecule has 0 unspecified atom stereocenters. The second-order valence-electron chi connectivity index (χ2n) is 6.69. The van der Waals surface area contributed by atoms with E-state index in [0.717, 1.165) is 0 Å². The van der Waals surface area contributed by atoms with Gasteiger partial charge in [0.1, 0.15) is 9.79 Å². The van der Waals surface area contributed by atoms with Crippen LogP contribution in [0.15, 0.2) is 119 Å². The molecule has 6 nitrogen and oxygen atoms in total. The van der Waals surface area contributed by atoms with Gasteiger partial charge in [-0.1, -0.05) is 72.8 Å². The van der Waals surface area contributed by atoms with E-state index >= 15 is 0 Å². The maximum Gasteiger partial charge on any atom is 0.339 e. The van der Waals surface area contributed by atoms with E-state index < -0.39 is 20.2 Å². The van der Waals surface area contributed by atoms with E-state index in [1.54, 1.807) is 72.8 Å². The van der Waals surface area contributed by atoms with Crippen molar-refractivity contribution in [3.63, 3.8) is 0 Å². The monoisotopic (exact) mass is 466 g/mol. The van der Waals surface area contributed by atoms with E-state index in [4.69, 9.17) is 8.37 Å². The minimum atomic E-state index is -4.09. The van der Waals surface area contributed by atoms with Crippen molar-refractivity contribution in [3.8, 4) is 22.6 Å². The average Bonchev–Trinajstić information content (AvgIpc) is 2.81. The van der Waals surface area contributed by atoms with E-state index in [0.29, 0.717) is 11.1 Å². The van der Waals surface area contributed by atoms with Crippen molar-refractivity contribution in [1.82, 2.24) is 0 Å². The maximum absolute atomic E-state index is 12.7. The van der Waals surface area contributed by atoms with Gasteiger partial charge in [-0.2, -0.15) is 16.8 Å². The molecule has 0 fully saturated rings. The van der Waals surface area contributed by atoms with Crippen molar-refractivity contribution in [2.24, 2.45) is 0 Å². The zero-order chi connectivity index (χ0) is 22.6. The summed E-state index contributed by atoms with van der Waals surface area (Å²) in [6.45, 7) is 0. The van der Waals surface area contributed by atoms with Gasteiger partial charge in [0.15, 0.2) is 11.5 Å². The van der Waals surface area contributed by atoms with Crippen LogP contribution < -0.4 is 8.37 Å². The van der Waals surface area contributed by atoms with Crippen molar-refractivity contribution in [2.45, 2.75) is 9.79 Å². The number of para-hydroxylation sites is 2. The van der Waals surface area contributed by atoms with Gasteiger partial charge in [-0.3, -0.25) is 0 Å². The Morgan fingerprint density at radius 2 is 0.719 bits per heavy atom. The third-order valence-corrected chi connectivity index (χ3v) is 7.02. The Labute approximate surface area is 186 Å². The van der Waals surface area contributed by atoms with Crippen LogP contribution in [0.1, 0.15) is 0 Å². The molecule has 0 aliphatic heterocycles. The smallest absolute Gasteiger partial charge is 0.339 e. The van der Waals surface area contributed by atoms with Gasteiger partial charge in [0.25, 0.3) is 0 Å². The fourth-order valence-electron chi connectivity index (χ4n) is 3.03. The van der Waals surface area contributed by atoms with Crippen LogP contribution in [0.2, 0.25) is 0 Å². The summed E-state index contributed by atoms with van der Waals surface area (Å²) in [5.41, 5.74) is 0.733. The van der Waals surface area contributed by atoms with Crippen LogP contribution in [0.5, 0.6) is 11.5 Å². The van der Waals surface area contributed by atoms with Crippen LogP contribution in [0.25, 0.3) is 11.1 Å². The van der Waals surface area contributed by atoms with Crippen LogP contribution >= 0.6 is 0 Å². The van der Waals surface area contributed by atoms with Gasteiger partial charge in [-0.05, 0) is 36.4 Å². The molecule has 0 amide bonds. The molecule has 0 spiro atoms. The van der Waals surface area contributed by atoms with E-state index in [1.165, 1.54) is 36.4 Å². The Morgan fingerprint density at radius 3 is 1.09 bits per heavy atom. The predicted octanol–water partition coefficient (Wildman–Crippen LogP) is 4.89. The van der Waals surface area contributed by atoms with Gasteiger partial charge in [-0.25, -0.2) is 0 Å². The van der Waals surface area contributed by atoms with Crippen LogP contribution in [-0.2, 0) is 20.2 Å². The van der Waals surface area contributed by atoms with Gasteiger partial charge < -0.3 is 8.37 Å². The lowest BCUT2D eigenvalue weighted by atomic mass is 10.0. The Kier molecular flexibility index (Phi) is 5.98. The quantitative estimate of drug-likeness (QED) is 0.361. The molecule has 0 heterocycles. The summed E-state index contributed by atoms with van der Waals surface area (Å²) in [4.78, 5) is 0.0111. The van der Waals surface area contributed by atoms with E-state index in [2.05, 4.69) is 0 Å². The summed E-state index contributed by atoms with van der Waals surface area (Å²) in [7, 11) is -8.19. The van der Waals surface area contributed by atoms with Crippen molar-refractivity contribution in [1.29, 1.82) is 0 Å². The molecule has 4 rings (SSSR count). The lowest BCUT2D eigenvalue weighted by molar-refractivity contribution is 0.482. The Bertz CT molecular complexity index is 1320. The predicted molar refractivity (Wildman–Crippen MR) is 120 cm³/mol. The van der Waals surface area contributed by atoms with E-state index in [1.807, 2.05) is 0 Å². The molecule has 0 atom stereocenters. The Balaban J connectivity index is 1.74. The highest BCUT2D eigenvalue weighted by molar-refractivity contribution is 7.87. The summed E-state index contributed by atoms with van der Waals surface area (Å²) in [5.74, 6) is 0.0917. The fraction of sp³-hybridized carbons (Fsp3) is 0. The molecule has 0 N–H and O–H groups in total. The van der Waals surface area contributed by atoms with Gasteiger partial charge >= 0.3 is 20.2 Å². The second-order valence-corrected chi connectivity index (χ2v) is 9.79. The van der Waals surface area contributed by atoms with Crippen molar-refractivity contribution in [2.75, 3.05) is 0 Å². The lowest BCUT2D eigenvalue weighted by Crippen LogP contribution is -2.11. The minimum Gasteiger partial charge on any atom is -0.378 e. The summed E-state index contributed by atoms with van der Waals surface area (Å²) >= 11 is 0. The molecule has 0 saturated carbocycles. The lowest BCUT2D eigenvalue weighted by Gasteiger charge is -2.15. The summed E-state index contributed by atoms with van der Waals surface area (Å²) in [6.07, 6.45) is 0. The fourth-order valence-corrected chi connectivity index (χ4v) is 4.97. The first-order valence-electron chi connectivity index (χ1n) is 9.54. The highest BCUT2D eigenvalue weighted by atomic mass is 32.2.